The number of aldehydes is 1. The quantitative estimate of drug-likeness (QED) is 0.617. The van der Waals surface area contributed by atoms with Crippen LogP contribution in [-0.4, -0.2) is 10.9 Å². The Morgan fingerprint density at radius 3 is 2.67 bits per heavy atom. The molecule has 0 saturated heterocycles. The highest BCUT2D eigenvalue weighted by Gasteiger charge is 2.15. The first-order valence-corrected chi connectivity index (χ1v) is 6.92. The Balaban J connectivity index is 2.51. The Bertz CT molecular complexity index is 749. The molecular weight excluding hydrogens is 242 g/mol. The van der Waals surface area contributed by atoms with Gasteiger partial charge < -0.3 is 4.57 Å². The van der Waals surface area contributed by atoms with Gasteiger partial charge in [0.25, 0.3) is 0 Å². The lowest BCUT2D eigenvalue weighted by Crippen LogP contribution is -1.99. The minimum Gasteiger partial charge on any atom is -0.337 e. The van der Waals surface area contributed by atoms with Crippen LogP contribution in [0.5, 0.6) is 0 Å². The third kappa shape index (κ3) is 1.51. The van der Waals surface area contributed by atoms with E-state index >= 15 is 0 Å². The highest BCUT2D eigenvalue weighted by atomic mass is 32.1. The molecule has 3 rings (SSSR count). The van der Waals surface area contributed by atoms with Gasteiger partial charge in [-0.05, 0) is 38.5 Å². The van der Waals surface area contributed by atoms with Crippen LogP contribution in [0.1, 0.15) is 35.1 Å². The standard InChI is InChI=1S/C15H15NOS/c1-9(2)16-13-6-10(3)4-5-12(13)15-14(16)7-11(8-17)18-15/h4-9H,1-3H3. The van der Waals surface area contributed by atoms with Crippen molar-refractivity contribution in [1.29, 1.82) is 0 Å². The molecule has 0 fully saturated rings. The predicted molar refractivity (Wildman–Crippen MR) is 77.8 cm³/mol. The average Bonchev–Trinajstić information content (AvgIpc) is 2.83. The lowest BCUT2D eigenvalue weighted by Gasteiger charge is -2.11. The number of aryl methyl sites for hydroxylation is 1. The van der Waals surface area contributed by atoms with Gasteiger partial charge >= 0.3 is 0 Å². The van der Waals surface area contributed by atoms with E-state index in [9.17, 15) is 4.79 Å². The lowest BCUT2D eigenvalue weighted by molar-refractivity contribution is 0.112. The molecule has 18 heavy (non-hydrogen) atoms. The molecule has 0 bridgehead atoms. The fourth-order valence-corrected chi connectivity index (χ4v) is 3.55. The van der Waals surface area contributed by atoms with E-state index in [1.54, 1.807) is 11.3 Å². The highest BCUT2D eigenvalue weighted by Crippen LogP contribution is 2.37. The second kappa shape index (κ2) is 3.95. The van der Waals surface area contributed by atoms with Crippen molar-refractivity contribution in [3.8, 4) is 0 Å². The van der Waals surface area contributed by atoms with Gasteiger partial charge in [-0.15, -0.1) is 11.3 Å². The zero-order valence-corrected chi connectivity index (χ0v) is 11.5. The molecule has 1 aromatic carbocycles. The Morgan fingerprint density at radius 2 is 2.00 bits per heavy atom. The van der Waals surface area contributed by atoms with Crippen molar-refractivity contribution < 1.29 is 4.79 Å². The number of thiophene rings is 1. The Kier molecular flexibility index (Phi) is 2.52. The largest absolute Gasteiger partial charge is 0.337 e. The number of benzene rings is 1. The van der Waals surface area contributed by atoms with Crippen molar-refractivity contribution in [1.82, 2.24) is 4.57 Å². The van der Waals surface area contributed by atoms with E-state index < -0.39 is 0 Å². The second-order valence-corrected chi connectivity index (χ2v) is 6.05. The minimum atomic E-state index is 0.390. The molecule has 2 nitrogen and oxygen atoms in total. The summed E-state index contributed by atoms with van der Waals surface area (Å²) in [5.41, 5.74) is 3.71. The van der Waals surface area contributed by atoms with Gasteiger partial charge in [-0.25, -0.2) is 0 Å². The molecule has 0 saturated carbocycles. The van der Waals surface area contributed by atoms with Gasteiger partial charge in [0, 0.05) is 11.4 Å². The minimum absolute atomic E-state index is 0.390. The summed E-state index contributed by atoms with van der Waals surface area (Å²) in [5.74, 6) is 0. The summed E-state index contributed by atoms with van der Waals surface area (Å²) in [4.78, 5) is 11.7. The van der Waals surface area contributed by atoms with E-state index in [4.69, 9.17) is 0 Å². The van der Waals surface area contributed by atoms with E-state index in [-0.39, 0.29) is 0 Å². The van der Waals surface area contributed by atoms with Crippen molar-refractivity contribution >= 4 is 38.7 Å². The molecule has 92 valence electrons. The summed E-state index contributed by atoms with van der Waals surface area (Å²) in [6.45, 7) is 6.47. The normalized spacial score (nSPS) is 11.8. The molecule has 0 radical (unpaired) electrons. The van der Waals surface area contributed by atoms with Crippen LogP contribution >= 0.6 is 11.3 Å². The smallest absolute Gasteiger partial charge is 0.160 e. The van der Waals surface area contributed by atoms with E-state index in [1.807, 2.05) is 6.07 Å². The van der Waals surface area contributed by atoms with Gasteiger partial charge in [0.2, 0.25) is 0 Å². The molecule has 0 aliphatic heterocycles. The lowest BCUT2D eigenvalue weighted by atomic mass is 10.2. The van der Waals surface area contributed by atoms with Crippen molar-refractivity contribution in [2.45, 2.75) is 26.8 Å². The van der Waals surface area contributed by atoms with Gasteiger partial charge in [0.1, 0.15) is 0 Å². The number of carbonyl (C=O) groups is 1. The van der Waals surface area contributed by atoms with Crippen molar-refractivity contribution in [3.05, 3.63) is 34.7 Å². The zero-order valence-electron chi connectivity index (χ0n) is 10.7. The van der Waals surface area contributed by atoms with Crippen LogP contribution in [0.4, 0.5) is 0 Å². The van der Waals surface area contributed by atoms with Crippen LogP contribution in [0, 0.1) is 6.92 Å². The summed E-state index contributed by atoms with van der Waals surface area (Å²) < 4.78 is 3.54. The molecule has 0 amide bonds. The molecule has 2 heterocycles. The Morgan fingerprint density at radius 1 is 1.22 bits per heavy atom. The first kappa shape index (κ1) is 11.5. The number of hydrogen-bond donors (Lipinski definition) is 0. The van der Waals surface area contributed by atoms with Crippen LogP contribution in [0.2, 0.25) is 0 Å². The number of rotatable bonds is 2. The second-order valence-electron chi connectivity index (χ2n) is 4.97. The van der Waals surface area contributed by atoms with Crippen molar-refractivity contribution in [2.75, 3.05) is 0 Å². The Labute approximate surface area is 110 Å². The average molecular weight is 257 g/mol. The fraction of sp³-hybridized carbons (Fsp3) is 0.267. The van der Waals surface area contributed by atoms with Gasteiger partial charge in [-0.3, -0.25) is 4.79 Å². The molecule has 3 heteroatoms. The zero-order chi connectivity index (χ0) is 12.9. The third-order valence-corrected chi connectivity index (χ3v) is 4.36. The first-order valence-electron chi connectivity index (χ1n) is 6.11. The summed E-state index contributed by atoms with van der Waals surface area (Å²) in [6, 6.07) is 8.91. The molecule has 0 unspecified atom stereocenters. The summed E-state index contributed by atoms with van der Waals surface area (Å²) in [6.07, 6.45) is 0.940. The maximum Gasteiger partial charge on any atom is 0.160 e. The fourth-order valence-electron chi connectivity index (χ4n) is 2.55. The molecule has 2 aromatic heterocycles. The van der Waals surface area contributed by atoms with Gasteiger partial charge in [0.05, 0.1) is 20.6 Å². The van der Waals surface area contributed by atoms with E-state index in [0.717, 1.165) is 11.2 Å². The van der Waals surface area contributed by atoms with E-state index in [0.29, 0.717) is 6.04 Å². The summed E-state index contributed by atoms with van der Waals surface area (Å²) in [7, 11) is 0. The van der Waals surface area contributed by atoms with Crippen molar-refractivity contribution in [3.63, 3.8) is 0 Å². The Hall–Kier alpha value is -1.61. The van der Waals surface area contributed by atoms with Crippen LogP contribution < -0.4 is 0 Å². The van der Waals surface area contributed by atoms with Crippen molar-refractivity contribution in [2.24, 2.45) is 0 Å². The molecular formula is C15H15NOS. The molecule has 0 atom stereocenters. The van der Waals surface area contributed by atoms with Crippen LogP contribution in [0.15, 0.2) is 24.3 Å². The van der Waals surface area contributed by atoms with Gasteiger partial charge in [0.15, 0.2) is 6.29 Å². The molecule has 3 aromatic rings. The van der Waals surface area contributed by atoms with E-state index in [2.05, 4.69) is 43.5 Å². The maximum atomic E-state index is 10.9. The molecule has 0 aliphatic rings. The molecule has 0 N–H and O–H groups in total. The molecule has 0 spiro atoms. The number of fused-ring (bicyclic) bond motifs is 3. The topological polar surface area (TPSA) is 22.0 Å². The van der Waals surface area contributed by atoms with Crippen LogP contribution in [0.25, 0.3) is 21.1 Å². The van der Waals surface area contributed by atoms with Crippen LogP contribution in [0.3, 0.4) is 0 Å². The number of carbonyl (C=O) groups excluding carboxylic acids is 1. The van der Waals surface area contributed by atoms with Gasteiger partial charge in [-0.1, -0.05) is 12.1 Å². The van der Waals surface area contributed by atoms with Gasteiger partial charge in [-0.2, -0.15) is 0 Å². The monoisotopic (exact) mass is 257 g/mol. The first-order chi connectivity index (χ1) is 8.61. The number of hydrogen-bond acceptors (Lipinski definition) is 2. The summed E-state index contributed by atoms with van der Waals surface area (Å²) >= 11 is 1.58. The number of aromatic nitrogens is 1. The maximum absolute atomic E-state index is 10.9. The van der Waals surface area contributed by atoms with E-state index in [1.165, 1.54) is 26.7 Å². The van der Waals surface area contributed by atoms with Crippen LogP contribution in [-0.2, 0) is 0 Å². The highest BCUT2D eigenvalue weighted by molar-refractivity contribution is 7.21. The third-order valence-electron chi connectivity index (χ3n) is 3.28. The summed E-state index contributed by atoms with van der Waals surface area (Å²) in [5, 5.41) is 1.25. The number of nitrogens with zero attached hydrogens (tertiary/aromatic N) is 1. The predicted octanol–water partition coefficient (Wildman–Crippen LogP) is 4.56. The molecule has 0 aliphatic carbocycles. The SMILES string of the molecule is Cc1ccc2c3sc(C=O)cc3n(C(C)C)c2c1.